The summed E-state index contributed by atoms with van der Waals surface area (Å²) in [6, 6.07) is 0. The lowest BCUT2D eigenvalue weighted by molar-refractivity contribution is -0.387. The number of rotatable bonds is 3. The SMILES string of the molecule is O=C(Cl)c1c(F)cnc(C(F)F)c1[N+](=O)[O-]. The Morgan fingerprint density at radius 3 is 2.50 bits per heavy atom. The second kappa shape index (κ2) is 4.44. The van der Waals surface area contributed by atoms with Crippen LogP contribution in [0.4, 0.5) is 18.9 Å². The van der Waals surface area contributed by atoms with Crippen molar-refractivity contribution in [2.75, 3.05) is 0 Å². The van der Waals surface area contributed by atoms with Crippen LogP contribution in [-0.4, -0.2) is 15.1 Å². The van der Waals surface area contributed by atoms with Crippen LogP contribution in [0, 0.1) is 15.9 Å². The van der Waals surface area contributed by atoms with Crippen LogP contribution in [-0.2, 0) is 0 Å². The summed E-state index contributed by atoms with van der Waals surface area (Å²) >= 11 is 4.88. The molecule has 16 heavy (non-hydrogen) atoms. The van der Waals surface area contributed by atoms with Gasteiger partial charge in [-0.2, -0.15) is 0 Å². The Hall–Kier alpha value is -1.70. The zero-order chi connectivity index (χ0) is 12.5. The fourth-order valence-corrected chi connectivity index (χ4v) is 1.20. The van der Waals surface area contributed by atoms with Gasteiger partial charge in [-0.3, -0.25) is 14.9 Å². The number of hydrogen-bond donors (Lipinski definition) is 0. The number of nitrogens with zero attached hydrogens (tertiary/aromatic N) is 2. The molecule has 86 valence electrons. The maximum Gasteiger partial charge on any atom is 0.311 e. The van der Waals surface area contributed by atoms with Crippen LogP contribution in [0.3, 0.4) is 0 Å². The third-order valence-corrected chi connectivity index (χ3v) is 1.81. The highest BCUT2D eigenvalue weighted by Gasteiger charge is 2.32. The molecule has 0 bridgehead atoms. The highest BCUT2D eigenvalue weighted by Crippen LogP contribution is 2.32. The number of hydrogen-bond acceptors (Lipinski definition) is 4. The van der Waals surface area contributed by atoms with E-state index in [1.807, 2.05) is 0 Å². The van der Waals surface area contributed by atoms with Gasteiger partial charge in [0.1, 0.15) is 0 Å². The second-order valence-electron chi connectivity index (χ2n) is 2.55. The molecule has 1 heterocycles. The van der Waals surface area contributed by atoms with Crippen molar-refractivity contribution >= 4 is 22.5 Å². The summed E-state index contributed by atoms with van der Waals surface area (Å²) in [6.45, 7) is 0. The van der Waals surface area contributed by atoms with Crippen LogP contribution >= 0.6 is 11.6 Å². The lowest BCUT2D eigenvalue weighted by Crippen LogP contribution is -2.08. The summed E-state index contributed by atoms with van der Waals surface area (Å²) < 4.78 is 37.6. The van der Waals surface area contributed by atoms with Crippen LogP contribution in [0.1, 0.15) is 22.5 Å². The normalized spacial score (nSPS) is 10.6. The highest BCUT2D eigenvalue weighted by atomic mass is 35.5. The Labute approximate surface area is 91.0 Å². The van der Waals surface area contributed by atoms with Gasteiger partial charge >= 0.3 is 5.69 Å². The first-order chi connectivity index (χ1) is 7.36. The van der Waals surface area contributed by atoms with Gasteiger partial charge in [-0.25, -0.2) is 18.2 Å². The standard InChI is InChI=1S/C7H2ClF3N2O3/c8-6(14)3-2(9)1-12-4(7(10)11)5(3)13(15)16/h1,7H. The van der Waals surface area contributed by atoms with Crippen LogP contribution in [0.25, 0.3) is 0 Å². The Balaban J connectivity index is 3.63. The lowest BCUT2D eigenvalue weighted by Gasteiger charge is -2.04. The molecule has 0 spiro atoms. The number of carbonyl (C=O) groups is 1. The average Bonchev–Trinajstić information content (AvgIpc) is 2.15. The highest BCUT2D eigenvalue weighted by molar-refractivity contribution is 6.68. The number of halogens is 4. The van der Waals surface area contributed by atoms with Crippen molar-refractivity contribution in [3.63, 3.8) is 0 Å². The molecule has 0 unspecified atom stereocenters. The smallest absolute Gasteiger partial charge is 0.275 e. The lowest BCUT2D eigenvalue weighted by atomic mass is 10.2. The van der Waals surface area contributed by atoms with E-state index in [1.165, 1.54) is 0 Å². The van der Waals surface area contributed by atoms with Crippen LogP contribution < -0.4 is 0 Å². The molecule has 1 aromatic heterocycles. The maximum absolute atomic E-state index is 13.0. The van der Waals surface area contributed by atoms with Gasteiger partial charge in [-0.1, -0.05) is 0 Å². The molecule has 5 nitrogen and oxygen atoms in total. The number of nitro groups is 1. The van der Waals surface area contributed by atoms with E-state index in [-0.39, 0.29) is 6.20 Å². The van der Waals surface area contributed by atoms with Crippen molar-refractivity contribution in [2.24, 2.45) is 0 Å². The average molecular weight is 255 g/mol. The summed E-state index contributed by atoms with van der Waals surface area (Å²) in [5, 5.41) is 8.92. The Morgan fingerprint density at radius 2 is 2.12 bits per heavy atom. The van der Waals surface area contributed by atoms with E-state index in [9.17, 15) is 28.1 Å². The molecule has 0 fully saturated rings. The molecule has 0 radical (unpaired) electrons. The van der Waals surface area contributed by atoms with Gasteiger partial charge in [0, 0.05) is 0 Å². The Morgan fingerprint density at radius 1 is 1.56 bits per heavy atom. The van der Waals surface area contributed by atoms with Crippen molar-refractivity contribution < 1.29 is 22.9 Å². The molecule has 0 amide bonds. The zero-order valence-corrected chi connectivity index (χ0v) is 8.04. The van der Waals surface area contributed by atoms with E-state index < -0.39 is 39.4 Å². The van der Waals surface area contributed by atoms with E-state index in [0.717, 1.165) is 0 Å². The quantitative estimate of drug-likeness (QED) is 0.472. The van der Waals surface area contributed by atoms with Gasteiger partial charge in [-0.05, 0) is 11.6 Å². The molecular weight excluding hydrogens is 253 g/mol. The third kappa shape index (κ3) is 2.11. The monoisotopic (exact) mass is 254 g/mol. The fraction of sp³-hybridized carbons (Fsp3) is 0.143. The molecule has 0 aromatic carbocycles. The van der Waals surface area contributed by atoms with Crippen molar-refractivity contribution in [3.05, 3.63) is 33.4 Å². The molecule has 0 aliphatic rings. The fourth-order valence-electron chi connectivity index (χ4n) is 1.02. The first-order valence-electron chi connectivity index (χ1n) is 3.67. The topological polar surface area (TPSA) is 73.1 Å². The number of carbonyl (C=O) groups excluding carboxylic acids is 1. The van der Waals surface area contributed by atoms with E-state index >= 15 is 0 Å². The molecule has 1 rings (SSSR count). The van der Waals surface area contributed by atoms with Crippen molar-refractivity contribution in [1.29, 1.82) is 0 Å². The first kappa shape index (κ1) is 12.4. The summed E-state index contributed by atoms with van der Waals surface area (Å²) in [7, 11) is 0. The van der Waals surface area contributed by atoms with Crippen molar-refractivity contribution in [2.45, 2.75) is 6.43 Å². The van der Waals surface area contributed by atoms with Gasteiger partial charge in [0.05, 0.1) is 11.1 Å². The van der Waals surface area contributed by atoms with E-state index in [2.05, 4.69) is 4.98 Å². The van der Waals surface area contributed by atoms with Gasteiger partial charge in [-0.15, -0.1) is 0 Å². The zero-order valence-electron chi connectivity index (χ0n) is 7.29. The third-order valence-electron chi connectivity index (χ3n) is 1.62. The largest absolute Gasteiger partial charge is 0.311 e. The first-order valence-corrected chi connectivity index (χ1v) is 4.04. The predicted octanol–water partition coefficient (Wildman–Crippen LogP) is 2.45. The van der Waals surface area contributed by atoms with Gasteiger partial charge in [0.25, 0.3) is 11.7 Å². The minimum Gasteiger partial charge on any atom is -0.275 e. The molecule has 0 saturated heterocycles. The summed E-state index contributed by atoms with van der Waals surface area (Å²) in [6.07, 6.45) is -3.03. The molecule has 9 heteroatoms. The summed E-state index contributed by atoms with van der Waals surface area (Å²) in [4.78, 5) is 22.7. The molecular formula is C7H2ClF3N2O3. The predicted molar refractivity (Wildman–Crippen MR) is 46.0 cm³/mol. The van der Waals surface area contributed by atoms with Gasteiger partial charge in [0.15, 0.2) is 17.1 Å². The molecule has 0 aliphatic carbocycles. The minimum absolute atomic E-state index is 0.282. The van der Waals surface area contributed by atoms with Gasteiger partial charge in [0.2, 0.25) is 0 Å². The van der Waals surface area contributed by atoms with Crippen LogP contribution in [0.15, 0.2) is 6.20 Å². The van der Waals surface area contributed by atoms with Crippen molar-refractivity contribution in [3.8, 4) is 0 Å². The van der Waals surface area contributed by atoms with E-state index in [4.69, 9.17) is 11.6 Å². The van der Waals surface area contributed by atoms with Crippen LogP contribution in [0.5, 0.6) is 0 Å². The Bertz CT molecular complexity index is 466. The Kier molecular flexibility index (Phi) is 3.43. The molecule has 1 aromatic rings. The molecule has 0 aliphatic heterocycles. The number of aromatic nitrogens is 1. The summed E-state index contributed by atoms with van der Waals surface area (Å²) in [5.74, 6) is -1.42. The molecule has 0 atom stereocenters. The molecule has 0 N–H and O–H groups in total. The van der Waals surface area contributed by atoms with Crippen molar-refractivity contribution in [1.82, 2.24) is 4.98 Å². The van der Waals surface area contributed by atoms with E-state index in [1.54, 1.807) is 0 Å². The summed E-state index contributed by atoms with van der Waals surface area (Å²) in [5.41, 5.74) is -3.91. The number of pyridine rings is 1. The van der Waals surface area contributed by atoms with E-state index in [0.29, 0.717) is 0 Å². The molecule has 0 saturated carbocycles. The minimum atomic E-state index is -3.31. The van der Waals surface area contributed by atoms with Gasteiger partial charge < -0.3 is 0 Å². The van der Waals surface area contributed by atoms with Crippen LogP contribution in [0.2, 0.25) is 0 Å². The maximum atomic E-state index is 13.0. The second-order valence-corrected chi connectivity index (χ2v) is 2.89. The number of alkyl halides is 2.